The van der Waals surface area contributed by atoms with E-state index in [0.717, 1.165) is 57.8 Å². The van der Waals surface area contributed by atoms with Gasteiger partial charge >= 0.3 is 5.97 Å². The van der Waals surface area contributed by atoms with Crippen LogP contribution in [0.15, 0.2) is 11.6 Å². The summed E-state index contributed by atoms with van der Waals surface area (Å²) in [7, 11) is 0. The van der Waals surface area contributed by atoms with Crippen molar-refractivity contribution in [3.05, 3.63) is 11.6 Å². The van der Waals surface area contributed by atoms with E-state index in [-0.39, 0.29) is 34.4 Å². The Morgan fingerprint density at radius 3 is 2.24 bits per heavy atom. The standard InChI is InChI=1S/C35H56O6/c1-9-10-11-18-41-29(40)32(5)15-14-31(4)16-17-33(6)21(22(31)20-32)19-23(36)26-34(33,7)13-12-24-30(2,3)27(38)25(37)28(39)35(24,26)8/h19,22,24-28,37-39H,9-18,20H2,1-8H3/t22-,24-,25+,26-,27-,28-,31+,32-,33+,34+,35-/m0/s1. The maximum Gasteiger partial charge on any atom is 0.311 e. The Morgan fingerprint density at radius 1 is 0.927 bits per heavy atom. The second-order valence-electron chi connectivity index (χ2n) is 16.7. The summed E-state index contributed by atoms with van der Waals surface area (Å²) in [6, 6.07) is 0. The lowest BCUT2D eigenvalue weighted by molar-refractivity contribution is -0.272. The molecular formula is C35H56O6. The lowest BCUT2D eigenvalue weighted by Crippen LogP contribution is -2.73. The minimum atomic E-state index is -1.29. The number of unbranched alkanes of at least 4 members (excludes halogenated alkanes) is 2. The molecule has 0 aliphatic heterocycles. The molecule has 0 aromatic rings. The van der Waals surface area contributed by atoms with E-state index in [4.69, 9.17) is 4.74 Å². The summed E-state index contributed by atoms with van der Waals surface area (Å²) < 4.78 is 5.81. The highest BCUT2D eigenvalue weighted by Gasteiger charge is 2.73. The first kappa shape index (κ1) is 31.2. The second-order valence-corrected chi connectivity index (χ2v) is 16.7. The van der Waals surface area contributed by atoms with Crippen molar-refractivity contribution in [3.63, 3.8) is 0 Å². The van der Waals surface area contributed by atoms with E-state index in [2.05, 4.69) is 34.6 Å². The van der Waals surface area contributed by atoms with Gasteiger partial charge in [0.05, 0.1) is 24.2 Å². The first-order chi connectivity index (χ1) is 18.9. The summed E-state index contributed by atoms with van der Waals surface area (Å²) in [5, 5.41) is 33.7. The van der Waals surface area contributed by atoms with Crippen molar-refractivity contribution in [1.29, 1.82) is 0 Å². The van der Waals surface area contributed by atoms with Gasteiger partial charge in [-0.3, -0.25) is 9.59 Å². The lowest BCUT2D eigenvalue weighted by Gasteiger charge is -2.71. The molecule has 5 aliphatic carbocycles. The molecule has 0 saturated heterocycles. The summed E-state index contributed by atoms with van der Waals surface area (Å²) in [6.45, 7) is 17.6. The molecular weight excluding hydrogens is 516 g/mol. The van der Waals surface area contributed by atoms with Crippen LogP contribution in [0.4, 0.5) is 0 Å². The van der Waals surface area contributed by atoms with Gasteiger partial charge in [0, 0.05) is 11.3 Å². The number of carbonyl (C=O) groups excluding carboxylic acids is 2. The van der Waals surface area contributed by atoms with Crippen LogP contribution in [0.2, 0.25) is 0 Å². The van der Waals surface area contributed by atoms with E-state index in [0.29, 0.717) is 13.0 Å². The molecule has 0 bridgehead atoms. The first-order valence-electron chi connectivity index (χ1n) is 16.4. The number of carbonyl (C=O) groups is 2. The highest BCUT2D eigenvalue weighted by molar-refractivity contribution is 5.96. The molecule has 3 N–H and O–H groups in total. The maximum absolute atomic E-state index is 14.5. The van der Waals surface area contributed by atoms with E-state index >= 15 is 0 Å². The quantitative estimate of drug-likeness (QED) is 0.276. The first-order valence-corrected chi connectivity index (χ1v) is 16.4. The molecule has 5 rings (SSSR count). The van der Waals surface area contributed by atoms with Crippen molar-refractivity contribution in [2.24, 2.45) is 50.2 Å². The Bertz CT molecular complexity index is 1110. The number of esters is 1. The van der Waals surface area contributed by atoms with Gasteiger partial charge in [-0.1, -0.05) is 66.9 Å². The molecule has 232 valence electrons. The normalized spacial score (nSPS) is 50.5. The third kappa shape index (κ3) is 4.12. The van der Waals surface area contributed by atoms with E-state index in [1.165, 1.54) is 5.57 Å². The molecule has 0 unspecified atom stereocenters. The van der Waals surface area contributed by atoms with Gasteiger partial charge in [-0.25, -0.2) is 0 Å². The Balaban J connectivity index is 1.54. The molecule has 0 amide bonds. The number of aliphatic hydroxyl groups excluding tert-OH is 3. The van der Waals surface area contributed by atoms with E-state index in [1.807, 2.05) is 26.8 Å². The van der Waals surface area contributed by atoms with Gasteiger partial charge in [0.1, 0.15) is 6.10 Å². The molecule has 0 spiro atoms. The average Bonchev–Trinajstić information content (AvgIpc) is 2.91. The van der Waals surface area contributed by atoms with Crippen molar-refractivity contribution in [3.8, 4) is 0 Å². The van der Waals surface area contributed by atoms with Crippen LogP contribution in [0.1, 0.15) is 120 Å². The molecule has 0 aromatic carbocycles. The van der Waals surface area contributed by atoms with E-state index in [1.54, 1.807) is 0 Å². The summed E-state index contributed by atoms with van der Waals surface area (Å²) in [5.74, 6) is -0.484. The highest BCUT2D eigenvalue weighted by Crippen LogP contribution is 2.75. The van der Waals surface area contributed by atoms with Crippen LogP contribution in [-0.4, -0.2) is 52.0 Å². The minimum Gasteiger partial charge on any atom is -0.465 e. The monoisotopic (exact) mass is 572 g/mol. The smallest absolute Gasteiger partial charge is 0.311 e. The fourth-order valence-corrected chi connectivity index (χ4v) is 11.1. The van der Waals surface area contributed by atoms with Crippen LogP contribution in [0.25, 0.3) is 0 Å². The molecule has 0 heterocycles. The van der Waals surface area contributed by atoms with Gasteiger partial charge in [0.2, 0.25) is 0 Å². The number of ether oxygens (including phenoxy) is 1. The number of hydrogen-bond donors (Lipinski definition) is 3. The third-order valence-electron chi connectivity index (χ3n) is 14.2. The molecule has 4 saturated carbocycles. The van der Waals surface area contributed by atoms with Crippen molar-refractivity contribution in [2.75, 3.05) is 6.61 Å². The van der Waals surface area contributed by atoms with Crippen LogP contribution in [-0.2, 0) is 14.3 Å². The SMILES string of the molecule is CCCCCOC(=O)[C@@]1(C)CC[C@]2(C)CC[C@]3(C)C(=CC(=O)[C@@H]4[C@@]5(C)[C@@H](O)[C@H](O)[C@H](O)C(C)(C)[C@@H]5CC[C@]43C)[C@@H]2C1. The Labute approximate surface area is 247 Å². The van der Waals surface area contributed by atoms with Gasteiger partial charge in [-0.15, -0.1) is 0 Å². The van der Waals surface area contributed by atoms with Gasteiger partial charge in [-0.2, -0.15) is 0 Å². The number of fused-ring (bicyclic) bond motifs is 7. The third-order valence-corrected chi connectivity index (χ3v) is 14.2. The largest absolute Gasteiger partial charge is 0.465 e. The molecule has 4 fully saturated rings. The molecule has 6 nitrogen and oxygen atoms in total. The number of hydrogen-bond acceptors (Lipinski definition) is 6. The van der Waals surface area contributed by atoms with Crippen LogP contribution >= 0.6 is 0 Å². The van der Waals surface area contributed by atoms with Crippen molar-refractivity contribution >= 4 is 11.8 Å². The Kier molecular flexibility index (Phi) is 7.52. The molecule has 5 aliphatic rings. The summed E-state index contributed by atoms with van der Waals surface area (Å²) in [5.41, 5.74) is -1.50. The Hall–Kier alpha value is -1.24. The molecule has 6 heteroatoms. The second kappa shape index (κ2) is 9.89. The van der Waals surface area contributed by atoms with Crippen molar-refractivity contribution < 1.29 is 29.6 Å². The average molecular weight is 573 g/mol. The predicted octanol–water partition coefficient (Wildman–Crippen LogP) is 6.00. The zero-order valence-electron chi connectivity index (χ0n) is 26.9. The molecule has 41 heavy (non-hydrogen) atoms. The number of rotatable bonds is 5. The zero-order valence-corrected chi connectivity index (χ0v) is 26.9. The summed E-state index contributed by atoms with van der Waals surface area (Å²) >= 11 is 0. The zero-order chi connectivity index (χ0) is 30.4. The predicted molar refractivity (Wildman–Crippen MR) is 159 cm³/mol. The van der Waals surface area contributed by atoms with Gasteiger partial charge in [0.25, 0.3) is 0 Å². The summed E-state index contributed by atoms with van der Waals surface area (Å²) in [6.07, 6.45) is 7.51. The van der Waals surface area contributed by atoms with E-state index < -0.39 is 45.9 Å². The van der Waals surface area contributed by atoms with E-state index in [9.17, 15) is 24.9 Å². The molecule has 0 radical (unpaired) electrons. The number of aliphatic hydroxyl groups is 3. The fraction of sp³-hybridized carbons (Fsp3) is 0.886. The van der Waals surface area contributed by atoms with Crippen LogP contribution in [0, 0.1) is 50.2 Å². The fourth-order valence-electron chi connectivity index (χ4n) is 11.1. The van der Waals surface area contributed by atoms with Gasteiger partial charge in [-0.05, 0) is 97.9 Å². The maximum atomic E-state index is 14.5. The molecule has 11 atom stereocenters. The van der Waals surface area contributed by atoms with Gasteiger partial charge in [0.15, 0.2) is 5.78 Å². The van der Waals surface area contributed by atoms with Crippen molar-refractivity contribution in [2.45, 2.75) is 138 Å². The lowest BCUT2D eigenvalue weighted by atomic mass is 9.33. The highest BCUT2D eigenvalue weighted by atomic mass is 16.5. The Morgan fingerprint density at radius 2 is 1.59 bits per heavy atom. The number of ketones is 1. The number of allylic oxidation sites excluding steroid dienone is 2. The topological polar surface area (TPSA) is 104 Å². The summed E-state index contributed by atoms with van der Waals surface area (Å²) in [4.78, 5) is 27.9. The van der Waals surface area contributed by atoms with Gasteiger partial charge < -0.3 is 20.1 Å². The van der Waals surface area contributed by atoms with Crippen molar-refractivity contribution in [1.82, 2.24) is 0 Å². The van der Waals surface area contributed by atoms with Crippen LogP contribution in [0.5, 0.6) is 0 Å². The van der Waals surface area contributed by atoms with Crippen LogP contribution < -0.4 is 0 Å². The molecule has 0 aromatic heterocycles. The van der Waals surface area contributed by atoms with Crippen LogP contribution in [0.3, 0.4) is 0 Å². The minimum absolute atomic E-state index is 0.0323.